The van der Waals surface area contributed by atoms with E-state index in [4.69, 9.17) is 5.73 Å². The minimum atomic E-state index is 0.451. The summed E-state index contributed by atoms with van der Waals surface area (Å²) in [7, 11) is 0. The molecule has 0 saturated carbocycles. The average Bonchev–Trinajstić information content (AvgIpc) is 2.89. The van der Waals surface area contributed by atoms with Crippen LogP contribution in [0.3, 0.4) is 0 Å². The summed E-state index contributed by atoms with van der Waals surface area (Å²) in [5.41, 5.74) is 8.32. The van der Waals surface area contributed by atoms with Crippen molar-refractivity contribution >= 4 is 5.82 Å². The van der Waals surface area contributed by atoms with Crippen molar-refractivity contribution in [2.24, 2.45) is 0 Å². The van der Waals surface area contributed by atoms with E-state index >= 15 is 0 Å². The molecule has 0 amide bonds. The predicted octanol–water partition coefficient (Wildman–Crippen LogP) is 1.91. The van der Waals surface area contributed by atoms with Crippen LogP contribution < -0.4 is 5.73 Å². The number of para-hydroxylation sites is 1. The summed E-state index contributed by atoms with van der Waals surface area (Å²) in [5.74, 6) is 0.451. The molecule has 0 saturated heterocycles. The van der Waals surface area contributed by atoms with E-state index in [1.807, 2.05) is 36.5 Å². The van der Waals surface area contributed by atoms with Crippen molar-refractivity contribution in [3.63, 3.8) is 0 Å². The second-order valence-electron chi connectivity index (χ2n) is 3.84. The van der Waals surface area contributed by atoms with E-state index in [-0.39, 0.29) is 0 Å². The van der Waals surface area contributed by atoms with Gasteiger partial charge in [0.25, 0.3) is 0 Å². The molecule has 0 aliphatic carbocycles. The number of nitrogen functional groups attached to an aromatic ring is 1. The monoisotopic (exact) mass is 237 g/mol. The molecule has 3 rings (SSSR count). The lowest BCUT2D eigenvalue weighted by Crippen LogP contribution is -1.93. The van der Waals surface area contributed by atoms with Gasteiger partial charge in [-0.3, -0.25) is 0 Å². The van der Waals surface area contributed by atoms with Crippen LogP contribution in [0.25, 0.3) is 16.9 Å². The molecule has 88 valence electrons. The molecule has 0 fully saturated rings. The first-order valence-corrected chi connectivity index (χ1v) is 5.51. The molecule has 5 nitrogen and oxygen atoms in total. The van der Waals surface area contributed by atoms with Gasteiger partial charge >= 0.3 is 0 Å². The third-order valence-electron chi connectivity index (χ3n) is 2.59. The van der Waals surface area contributed by atoms with E-state index in [1.165, 1.54) is 6.33 Å². The van der Waals surface area contributed by atoms with Gasteiger partial charge in [-0.1, -0.05) is 18.2 Å². The summed E-state index contributed by atoms with van der Waals surface area (Å²) in [4.78, 5) is 8.04. The predicted molar refractivity (Wildman–Crippen MR) is 69.0 cm³/mol. The van der Waals surface area contributed by atoms with Gasteiger partial charge in [0.1, 0.15) is 12.1 Å². The van der Waals surface area contributed by atoms with Crippen molar-refractivity contribution < 1.29 is 0 Å². The molecule has 0 radical (unpaired) electrons. The standard InChI is InChI=1S/C13H11N5/c14-13-6-12(15-9-16-13)10-7-17-18(8-10)11-4-2-1-3-5-11/h1-9H,(H2,14,15,16). The van der Waals surface area contributed by atoms with E-state index < -0.39 is 0 Å². The molecule has 2 heterocycles. The van der Waals surface area contributed by atoms with Crippen LogP contribution in [-0.4, -0.2) is 19.7 Å². The van der Waals surface area contributed by atoms with Crippen LogP contribution in [0.5, 0.6) is 0 Å². The van der Waals surface area contributed by atoms with Crippen LogP contribution >= 0.6 is 0 Å². The molecular formula is C13H11N5. The summed E-state index contributed by atoms with van der Waals surface area (Å²) >= 11 is 0. The number of benzene rings is 1. The van der Waals surface area contributed by atoms with Gasteiger partial charge in [0.05, 0.1) is 17.6 Å². The van der Waals surface area contributed by atoms with Crippen molar-refractivity contribution in [3.05, 3.63) is 55.1 Å². The van der Waals surface area contributed by atoms with E-state index in [0.717, 1.165) is 16.9 Å². The highest BCUT2D eigenvalue weighted by molar-refractivity contribution is 5.60. The van der Waals surface area contributed by atoms with E-state index in [0.29, 0.717) is 5.82 Å². The van der Waals surface area contributed by atoms with Crippen LogP contribution in [0.15, 0.2) is 55.1 Å². The molecule has 18 heavy (non-hydrogen) atoms. The Kier molecular flexibility index (Phi) is 2.49. The van der Waals surface area contributed by atoms with Crippen molar-refractivity contribution in [1.82, 2.24) is 19.7 Å². The van der Waals surface area contributed by atoms with Crippen LogP contribution in [-0.2, 0) is 0 Å². The third kappa shape index (κ3) is 1.93. The Morgan fingerprint density at radius 3 is 2.67 bits per heavy atom. The van der Waals surface area contributed by atoms with Crippen LogP contribution in [0.4, 0.5) is 5.82 Å². The minimum absolute atomic E-state index is 0.451. The maximum atomic E-state index is 5.64. The Morgan fingerprint density at radius 2 is 1.89 bits per heavy atom. The minimum Gasteiger partial charge on any atom is -0.384 e. The number of hydrogen-bond acceptors (Lipinski definition) is 4. The van der Waals surface area contributed by atoms with Gasteiger partial charge in [-0.15, -0.1) is 0 Å². The molecule has 0 atom stereocenters. The lowest BCUT2D eigenvalue weighted by Gasteiger charge is -1.99. The Labute approximate surface area is 104 Å². The highest BCUT2D eigenvalue weighted by atomic mass is 15.3. The number of anilines is 1. The molecule has 0 bridgehead atoms. The average molecular weight is 237 g/mol. The van der Waals surface area contributed by atoms with Crippen molar-refractivity contribution in [3.8, 4) is 16.9 Å². The lowest BCUT2D eigenvalue weighted by molar-refractivity contribution is 0.880. The Hall–Kier alpha value is -2.69. The van der Waals surface area contributed by atoms with Gasteiger partial charge in [-0.2, -0.15) is 5.10 Å². The maximum absolute atomic E-state index is 5.64. The fraction of sp³-hybridized carbons (Fsp3) is 0. The summed E-state index contributed by atoms with van der Waals surface area (Å²) in [6.45, 7) is 0. The zero-order valence-corrected chi connectivity index (χ0v) is 9.56. The maximum Gasteiger partial charge on any atom is 0.127 e. The molecule has 0 aliphatic rings. The van der Waals surface area contributed by atoms with Crippen LogP contribution in [0.2, 0.25) is 0 Å². The topological polar surface area (TPSA) is 69.6 Å². The number of rotatable bonds is 2. The van der Waals surface area contributed by atoms with Gasteiger partial charge in [0, 0.05) is 17.8 Å². The lowest BCUT2D eigenvalue weighted by atomic mass is 10.2. The molecule has 2 N–H and O–H groups in total. The van der Waals surface area contributed by atoms with E-state index in [9.17, 15) is 0 Å². The normalized spacial score (nSPS) is 10.4. The SMILES string of the molecule is Nc1cc(-c2cnn(-c3ccccc3)c2)ncn1. The molecule has 0 spiro atoms. The fourth-order valence-electron chi connectivity index (χ4n) is 1.71. The van der Waals surface area contributed by atoms with Crippen LogP contribution in [0.1, 0.15) is 0 Å². The second kappa shape index (κ2) is 4.29. The summed E-state index contributed by atoms with van der Waals surface area (Å²) < 4.78 is 1.80. The first-order chi connectivity index (χ1) is 8.83. The number of hydrogen-bond donors (Lipinski definition) is 1. The zero-order chi connectivity index (χ0) is 12.4. The summed E-state index contributed by atoms with van der Waals surface area (Å²) in [6.07, 6.45) is 5.12. The Bertz CT molecular complexity index is 660. The van der Waals surface area contributed by atoms with E-state index in [2.05, 4.69) is 15.1 Å². The Morgan fingerprint density at radius 1 is 1.06 bits per heavy atom. The smallest absolute Gasteiger partial charge is 0.127 e. The highest BCUT2D eigenvalue weighted by Gasteiger charge is 2.04. The van der Waals surface area contributed by atoms with Gasteiger partial charge in [0.15, 0.2) is 0 Å². The first-order valence-electron chi connectivity index (χ1n) is 5.51. The van der Waals surface area contributed by atoms with Gasteiger partial charge in [-0.05, 0) is 12.1 Å². The molecule has 1 aromatic carbocycles. The number of nitrogens with two attached hydrogens (primary N) is 1. The molecule has 2 aromatic heterocycles. The van der Waals surface area contributed by atoms with E-state index in [1.54, 1.807) is 16.9 Å². The van der Waals surface area contributed by atoms with Gasteiger partial charge in [0.2, 0.25) is 0 Å². The Balaban J connectivity index is 2.00. The number of aromatic nitrogens is 4. The van der Waals surface area contributed by atoms with Gasteiger partial charge in [-0.25, -0.2) is 14.6 Å². The molecule has 0 unspecified atom stereocenters. The first kappa shape index (κ1) is 10.5. The van der Waals surface area contributed by atoms with Crippen molar-refractivity contribution in [2.45, 2.75) is 0 Å². The molecule has 0 aliphatic heterocycles. The number of nitrogens with zero attached hydrogens (tertiary/aromatic N) is 4. The van der Waals surface area contributed by atoms with Crippen LogP contribution in [0, 0.1) is 0 Å². The fourth-order valence-corrected chi connectivity index (χ4v) is 1.71. The second-order valence-corrected chi connectivity index (χ2v) is 3.84. The zero-order valence-electron chi connectivity index (χ0n) is 9.56. The molecule has 5 heteroatoms. The quantitative estimate of drug-likeness (QED) is 0.739. The van der Waals surface area contributed by atoms with Gasteiger partial charge < -0.3 is 5.73 Å². The third-order valence-corrected chi connectivity index (χ3v) is 2.59. The van der Waals surface area contributed by atoms with Crippen molar-refractivity contribution in [1.29, 1.82) is 0 Å². The summed E-state index contributed by atoms with van der Waals surface area (Å²) in [6, 6.07) is 11.6. The summed E-state index contributed by atoms with van der Waals surface area (Å²) in [5, 5.41) is 4.31. The highest BCUT2D eigenvalue weighted by Crippen LogP contribution is 2.18. The molecule has 3 aromatic rings. The molecular weight excluding hydrogens is 226 g/mol. The largest absolute Gasteiger partial charge is 0.384 e. The van der Waals surface area contributed by atoms with Crippen molar-refractivity contribution in [2.75, 3.05) is 5.73 Å².